The van der Waals surface area contributed by atoms with E-state index in [9.17, 15) is 0 Å². The lowest BCUT2D eigenvalue weighted by Gasteiger charge is -2.31. The number of guanidine groups is 1. The predicted molar refractivity (Wildman–Crippen MR) is 101 cm³/mol. The van der Waals surface area contributed by atoms with Crippen LogP contribution in [0, 0.1) is 0 Å². The number of fused-ring (bicyclic) bond motifs is 1. The van der Waals surface area contributed by atoms with Gasteiger partial charge >= 0.3 is 0 Å². The molecule has 5 heteroatoms. The van der Waals surface area contributed by atoms with Crippen LogP contribution in [0.2, 0.25) is 0 Å². The molecule has 0 saturated heterocycles. The van der Waals surface area contributed by atoms with Crippen molar-refractivity contribution in [2.45, 2.75) is 26.3 Å². The largest absolute Gasteiger partial charge is 0.383 e. The molecule has 1 aromatic carbocycles. The van der Waals surface area contributed by atoms with Crippen molar-refractivity contribution in [3.05, 3.63) is 35.4 Å². The lowest BCUT2D eigenvalue weighted by molar-refractivity contribution is 0.161. The molecule has 0 radical (unpaired) electrons. The average molecular weight is 332 g/mol. The summed E-state index contributed by atoms with van der Waals surface area (Å²) >= 11 is 0. The molecule has 1 heterocycles. The van der Waals surface area contributed by atoms with Gasteiger partial charge in [-0.25, -0.2) is 0 Å². The zero-order valence-corrected chi connectivity index (χ0v) is 15.4. The van der Waals surface area contributed by atoms with Crippen LogP contribution in [0.15, 0.2) is 29.3 Å². The molecule has 1 N–H and O–H groups in total. The van der Waals surface area contributed by atoms with E-state index in [1.165, 1.54) is 11.1 Å². The molecule has 0 atom stereocenters. The normalized spacial score (nSPS) is 14.8. The molecular formula is C19H32N4O. The summed E-state index contributed by atoms with van der Waals surface area (Å²) in [6.07, 6.45) is 2.17. The molecule has 2 rings (SSSR count). The summed E-state index contributed by atoms with van der Waals surface area (Å²) in [4.78, 5) is 9.51. The molecule has 0 saturated carbocycles. The highest BCUT2D eigenvalue weighted by Crippen LogP contribution is 2.18. The Hall–Kier alpha value is -1.59. The molecule has 0 unspecified atom stereocenters. The number of ether oxygens (including phenoxy) is 1. The van der Waals surface area contributed by atoms with E-state index in [1.807, 2.05) is 0 Å². The second-order valence-corrected chi connectivity index (χ2v) is 6.33. The predicted octanol–water partition coefficient (Wildman–Crippen LogP) is 1.98. The molecule has 5 nitrogen and oxygen atoms in total. The van der Waals surface area contributed by atoms with Gasteiger partial charge in [0.25, 0.3) is 0 Å². The van der Waals surface area contributed by atoms with E-state index in [1.54, 1.807) is 7.11 Å². The number of benzene rings is 1. The van der Waals surface area contributed by atoms with Crippen LogP contribution < -0.4 is 5.32 Å². The highest BCUT2D eigenvalue weighted by Gasteiger charge is 2.18. The molecule has 0 amide bonds. The van der Waals surface area contributed by atoms with Gasteiger partial charge in [-0.1, -0.05) is 24.3 Å². The van der Waals surface area contributed by atoms with Gasteiger partial charge in [-0.3, -0.25) is 4.99 Å². The minimum absolute atomic E-state index is 0.787. The first-order valence-corrected chi connectivity index (χ1v) is 9.02. The Labute approximate surface area is 146 Å². The highest BCUT2D eigenvalue weighted by molar-refractivity contribution is 5.80. The summed E-state index contributed by atoms with van der Waals surface area (Å²) in [5, 5.41) is 3.45. The summed E-state index contributed by atoms with van der Waals surface area (Å²) < 4.78 is 5.11. The number of hydrogen-bond donors (Lipinski definition) is 1. The van der Waals surface area contributed by atoms with Crippen molar-refractivity contribution < 1.29 is 4.74 Å². The molecule has 1 aromatic rings. The van der Waals surface area contributed by atoms with Gasteiger partial charge in [0.2, 0.25) is 0 Å². The fraction of sp³-hybridized carbons (Fsp3) is 0.632. The molecule has 0 fully saturated rings. The van der Waals surface area contributed by atoms with Crippen LogP contribution in [0.3, 0.4) is 0 Å². The zero-order chi connectivity index (χ0) is 17.2. The number of rotatable bonds is 8. The van der Waals surface area contributed by atoms with Gasteiger partial charge in [-0.15, -0.1) is 0 Å². The first-order chi connectivity index (χ1) is 11.7. The molecular weight excluding hydrogens is 300 g/mol. The fourth-order valence-electron chi connectivity index (χ4n) is 2.99. The van der Waals surface area contributed by atoms with Crippen molar-refractivity contribution in [1.82, 2.24) is 15.1 Å². The molecule has 0 aromatic heterocycles. The third kappa shape index (κ3) is 5.80. The lowest BCUT2D eigenvalue weighted by atomic mass is 10.0. The molecule has 24 heavy (non-hydrogen) atoms. The number of nitrogens with one attached hydrogen (secondary N) is 1. The Morgan fingerprint density at radius 1 is 1.29 bits per heavy atom. The molecule has 0 spiro atoms. The first kappa shape index (κ1) is 18.7. The summed E-state index contributed by atoms with van der Waals surface area (Å²) in [7, 11) is 3.88. The molecule has 1 aliphatic rings. The maximum Gasteiger partial charge on any atom is 0.194 e. The standard InChI is InChI=1S/C19H32N4O/c1-4-20-19(21-11-7-12-22(2)14-15-24-3)23-13-10-17-8-5-6-9-18(17)16-23/h5-6,8-9H,4,7,10-16H2,1-3H3,(H,20,21). The Bertz CT molecular complexity index is 518. The van der Waals surface area contributed by atoms with Crippen LogP contribution in [-0.2, 0) is 17.7 Å². The van der Waals surface area contributed by atoms with E-state index in [2.05, 4.69) is 53.4 Å². The monoisotopic (exact) mass is 332 g/mol. The molecule has 134 valence electrons. The van der Waals surface area contributed by atoms with Crippen LogP contribution in [0.1, 0.15) is 24.5 Å². The van der Waals surface area contributed by atoms with Gasteiger partial charge in [-0.05, 0) is 44.5 Å². The number of likely N-dealkylation sites (N-methyl/N-ethyl adjacent to an activating group) is 1. The number of aliphatic imine (C=N–C) groups is 1. The van der Waals surface area contributed by atoms with E-state index in [0.29, 0.717) is 0 Å². The van der Waals surface area contributed by atoms with E-state index in [0.717, 1.165) is 64.7 Å². The molecule has 1 aliphatic heterocycles. The summed E-state index contributed by atoms with van der Waals surface area (Å²) in [5.74, 6) is 1.05. The third-order valence-electron chi connectivity index (χ3n) is 4.40. The lowest BCUT2D eigenvalue weighted by Crippen LogP contribution is -2.44. The Balaban J connectivity index is 1.85. The van der Waals surface area contributed by atoms with Crippen molar-refractivity contribution >= 4 is 5.96 Å². The van der Waals surface area contributed by atoms with E-state index < -0.39 is 0 Å². The average Bonchev–Trinajstić information content (AvgIpc) is 2.62. The van der Waals surface area contributed by atoms with E-state index in [-0.39, 0.29) is 0 Å². The second-order valence-electron chi connectivity index (χ2n) is 6.33. The van der Waals surface area contributed by atoms with E-state index >= 15 is 0 Å². The summed E-state index contributed by atoms with van der Waals surface area (Å²) in [5.41, 5.74) is 2.90. The van der Waals surface area contributed by atoms with Crippen molar-refractivity contribution in [2.24, 2.45) is 4.99 Å². The SMILES string of the molecule is CCNC(=NCCCN(C)CCOC)N1CCc2ccccc2C1. The van der Waals surface area contributed by atoms with Crippen molar-refractivity contribution in [3.63, 3.8) is 0 Å². The minimum atomic E-state index is 0.787. The Kier molecular flexibility index (Phi) is 8.05. The number of nitrogens with zero attached hydrogens (tertiary/aromatic N) is 3. The van der Waals surface area contributed by atoms with Crippen molar-refractivity contribution in [3.8, 4) is 0 Å². The van der Waals surface area contributed by atoms with Crippen LogP contribution in [-0.4, -0.2) is 69.2 Å². The minimum Gasteiger partial charge on any atom is -0.383 e. The van der Waals surface area contributed by atoms with Crippen LogP contribution in [0.5, 0.6) is 0 Å². The first-order valence-electron chi connectivity index (χ1n) is 9.02. The number of hydrogen-bond acceptors (Lipinski definition) is 3. The molecule has 0 aliphatic carbocycles. The van der Waals surface area contributed by atoms with Gasteiger partial charge in [0.15, 0.2) is 5.96 Å². The van der Waals surface area contributed by atoms with Crippen LogP contribution in [0.4, 0.5) is 0 Å². The summed E-state index contributed by atoms with van der Waals surface area (Å²) in [6.45, 7) is 8.70. The van der Waals surface area contributed by atoms with Gasteiger partial charge in [0.05, 0.1) is 6.61 Å². The number of methoxy groups -OCH3 is 1. The maximum atomic E-state index is 5.11. The zero-order valence-electron chi connectivity index (χ0n) is 15.4. The topological polar surface area (TPSA) is 40.1 Å². The fourth-order valence-corrected chi connectivity index (χ4v) is 2.99. The third-order valence-corrected chi connectivity index (χ3v) is 4.40. The summed E-state index contributed by atoms with van der Waals surface area (Å²) in [6, 6.07) is 8.73. The Morgan fingerprint density at radius 2 is 2.08 bits per heavy atom. The second kappa shape index (κ2) is 10.3. The van der Waals surface area contributed by atoms with Crippen LogP contribution in [0.25, 0.3) is 0 Å². The smallest absolute Gasteiger partial charge is 0.194 e. The quantitative estimate of drug-likeness (QED) is 0.449. The van der Waals surface area contributed by atoms with Gasteiger partial charge in [0.1, 0.15) is 0 Å². The maximum absolute atomic E-state index is 5.11. The van der Waals surface area contributed by atoms with Gasteiger partial charge in [0, 0.05) is 39.8 Å². The molecule has 0 bridgehead atoms. The Morgan fingerprint density at radius 3 is 2.83 bits per heavy atom. The highest BCUT2D eigenvalue weighted by atomic mass is 16.5. The van der Waals surface area contributed by atoms with Crippen molar-refractivity contribution in [2.75, 3.05) is 53.5 Å². The van der Waals surface area contributed by atoms with Crippen molar-refractivity contribution in [1.29, 1.82) is 0 Å². The van der Waals surface area contributed by atoms with Gasteiger partial charge in [-0.2, -0.15) is 0 Å². The van der Waals surface area contributed by atoms with E-state index in [4.69, 9.17) is 9.73 Å². The van der Waals surface area contributed by atoms with Crippen LogP contribution >= 0.6 is 0 Å². The van der Waals surface area contributed by atoms with Gasteiger partial charge < -0.3 is 19.9 Å².